The Morgan fingerprint density at radius 1 is 0.741 bits per heavy atom. The summed E-state index contributed by atoms with van der Waals surface area (Å²) in [4.78, 5) is 27.5. The van der Waals surface area contributed by atoms with Crippen molar-refractivity contribution in [1.82, 2.24) is 0 Å². The number of amides is 2. The molecule has 2 amide bonds. The van der Waals surface area contributed by atoms with E-state index in [4.69, 9.17) is 0 Å². The van der Waals surface area contributed by atoms with Gasteiger partial charge in [-0.25, -0.2) is 4.90 Å². The normalized spacial score (nSPS) is 30.1. The minimum absolute atomic E-state index is 0.0329. The van der Waals surface area contributed by atoms with Gasteiger partial charge in [0, 0.05) is 11.8 Å². The lowest BCUT2D eigenvalue weighted by Gasteiger charge is -2.18. The van der Waals surface area contributed by atoms with E-state index in [0.717, 1.165) is 5.56 Å². The van der Waals surface area contributed by atoms with Crippen molar-refractivity contribution in [2.24, 2.45) is 23.7 Å². The third kappa shape index (κ3) is 2.42. The van der Waals surface area contributed by atoms with E-state index >= 15 is 0 Å². The van der Waals surface area contributed by atoms with Gasteiger partial charge in [-0.2, -0.15) is 0 Å². The molecule has 0 N–H and O–H groups in total. The number of benzene rings is 2. The van der Waals surface area contributed by atoms with Crippen molar-refractivity contribution in [2.75, 3.05) is 4.90 Å². The average Bonchev–Trinajstić information content (AvgIpc) is 3.33. The molecule has 2 fully saturated rings. The molecule has 2 bridgehead atoms. The first-order valence-corrected chi connectivity index (χ1v) is 9.30. The van der Waals surface area contributed by atoms with E-state index in [1.54, 1.807) is 0 Å². The summed E-state index contributed by atoms with van der Waals surface area (Å²) in [6.45, 7) is 0. The van der Waals surface area contributed by atoms with Crippen LogP contribution in [0.4, 0.5) is 5.69 Å². The average molecular weight is 353 g/mol. The summed E-state index contributed by atoms with van der Waals surface area (Å²) in [6.07, 6.45) is 10.4. The third-order valence-electron chi connectivity index (χ3n) is 5.86. The summed E-state index contributed by atoms with van der Waals surface area (Å²) >= 11 is 0. The number of nitrogens with zero attached hydrogens (tertiary/aromatic N) is 1. The highest BCUT2D eigenvalue weighted by atomic mass is 16.2. The molecule has 3 aliphatic rings. The number of rotatable bonds is 3. The predicted octanol–water partition coefficient (Wildman–Crippen LogP) is 4.25. The maximum Gasteiger partial charge on any atom is 0.238 e. The number of carbonyl (C=O) groups is 2. The van der Waals surface area contributed by atoms with E-state index in [1.165, 1.54) is 10.5 Å². The Morgan fingerprint density at radius 3 is 1.89 bits per heavy atom. The van der Waals surface area contributed by atoms with Crippen molar-refractivity contribution >= 4 is 23.6 Å². The van der Waals surface area contributed by atoms with Crippen molar-refractivity contribution < 1.29 is 9.59 Å². The molecule has 27 heavy (non-hydrogen) atoms. The first-order chi connectivity index (χ1) is 13.3. The van der Waals surface area contributed by atoms with Crippen molar-refractivity contribution in [3.05, 3.63) is 96.1 Å². The number of hydrogen-bond donors (Lipinski definition) is 0. The van der Waals surface area contributed by atoms with Crippen LogP contribution in [-0.2, 0) is 9.59 Å². The van der Waals surface area contributed by atoms with Gasteiger partial charge in [0.1, 0.15) is 0 Å². The molecule has 1 saturated heterocycles. The summed E-state index contributed by atoms with van der Waals surface area (Å²) in [7, 11) is 0. The van der Waals surface area contributed by atoms with Crippen LogP contribution in [0.1, 0.15) is 5.56 Å². The van der Waals surface area contributed by atoms with Gasteiger partial charge in [0.05, 0.1) is 17.5 Å². The largest absolute Gasteiger partial charge is 0.274 e. The summed E-state index contributed by atoms with van der Waals surface area (Å²) in [5, 5.41) is 0. The van der Waals surface area contributed by atoms with Gasteiger partial charge in [-0.05, 0) is 17.7 Å². The second kappa shape index (κ2) is 6.20. The molecule has 132 valence electrons. The van der Waals surface area contributed by atoms with E-state index in [2.05, 4.69) is 36.4 Å². The van der Waals surface area contributed by atoms with Gasteiger partial charge in [-0.3, -0.25) is 9.59 Å². The number of allylic oxidation sites excluding steroid dienone is 5. The van der Waals surface area contributed by atoms with Crippen LogP contribution in [0, 0.1) is 23.7 Å². The van der Waals surface area contributed by atoms with Crippen molar-refractivity contribution in [1.29, 1.82) is 0 Å². The highest BCUT2D eigenvalue weighted by Crippen LogP contribution is 2.56. The fourth-order valence-corrected chi connectivity index (χ4v) is 4.69. The molecule has 2 aromatic rings. The molecule has 3 heteroatoms. The molecule has 1 heterocycles. The van der Waals surface area contributed by atoms with Crippen LogP contribution in [0.25, 0.3) is 6.08 Å². The minimum Gasteiger partial charge on any atom is -0.274 e. The number of imide groups is 1. The van der Waals surface area contributed by atoms with Gasteiger partial charge < -0.3 is 0 Å². The first-order valence-electron chi connectivity index (χ1n) is 9.30. The Hall–Kier alpha value is -3.20. The van der Waals surface area contributed by atoms with E-state index in [9.17, 15) is 9.59 Å². The van der Waals surface area contributed by atoms with E-state index < -0.39 is 0 Å². The van der Waals surface area contributed by atoms with Crippen LogP contribution >= 0.6 is 0 Å². The smallest absolute Gasteiger partial charge is 0.238 e. The van der Waals surface area contributed by atoms with Crippen molar-refractivity contribution in [2.45, 2.75) is 0 Å². The maximum absolute atomic E-state index is 13.1. The quantitative estimate of drug-likeness (QED) is 0.611. The molecule has 1 saturated carbocycles. The summed E-state index contributed by atoms with van der Waals surface area (Å²) in [5.74, 6) is -0.582. The van der Waals surface area contributed by atoms with E-state index in [0.29, 0.717) is 5.69 Å². The molecule has 2 aromatic carbocycles. The standard InChI is InChI=1S/C24H19NO2/c26-23-21-19-14-15-20(18(19)13-7-10-16-8-3-1-4-9-16)22(21)24(27)25(23)17-11-5-2-6-12-17/h1-15,19-22H/b10-7+,18-13?/t19-,20+,21+,22-. The Kier molecular flexibility index (Phi) is 3.68. The van der Waals surface area contributed by atoms with Crippen LogP contribution in [0.15, 0.2) is 90.5 Å². The van der Waals surface area contributed by atoms with Crippen LogP contribution < -0.4 is 4.90 Å². The van der Waals surface area contributed by atoms with Crippen LogP contribution in [0.3, 0.4) is 0 Å². The second-order valence-electron chi connectivity index (χ2n) is 7.27. The fraction of sp³-hybridized carbons (Fsp3) is 0.167. The number of para-hydroxylation sites is 1. The molecule has 0 unspecified atom stereocenters. The zero-order valence-electron chi connectivity index (χ0n) is 14.7. The van der Waals surface area contributed by atoms with Gasteiger partial charge in [0.15, 0.2) is 0 Å². The van der Waals surface area contributed by atoms with Gasteiger partial charge in [0.2, 0.25) is 11.8 Å². The molecule has 0 spiro atoms. The maximum atomic E-state index is 13.1. The first kappa shape index (κ1) is 16.0. The number of fused-ring (bicyclic) bond motifs is 5. The second-order valence-corrected chi connectivity index (χ2v) is 7.27. The molecule has 0 aromatic heterocycles. The Labute approximate surface area is 158 Å². The van der Waals surface area contributed by atoms with E-state index in [-0.39, 0.29) is 35.5 Å². The Balaban J connectivity index is 1.43. The van der Waals surface area contributed by atoms with Gasteiger partial charge >= 0.3 is 0 Å². The highest BCUT2D eigenvalue weighted by molar-refractivity contribution is 6.23. The topological polar surface area (TPSA) is 37.4 Å². The molecule has 2 aliphatic carbocycles. The molecule has 4 atom stereocenters. The third-order valence-corrected chi connectivity index (χ3v) is 5.86. The molecule has 5 rings (SSSR count). The van der Waals surface area contributed by atoms with Crippen molar-refractivity contribution in [3.63, 3.8) is 0 Å². The monoisotopic (exact) mass is 353 g/mol. The van der Waals surface area contributed by atoms with Crippen molar-refractivity contribution in [3.8, 4) is 0 Å². The summed E-state index contributed by atoms with van der Waals surface area (Å²) in [5.41, 5.74) is 3.00. The van der Waals surface area contributed by atoms with Crippen LogP contribution in [-0.4, -0.2) is 11.8 Å². The number of carbonyl (C=O) groups excluding carboxylic acids is 2. The summed E-state index contributed by atoms with van der Waals surface area (Å²) < 4.78 is 0. The van der Waals surface area contributed by atoms with Gasteiger partial charge in [-0.15, -0.1) is 0 Å². The molecule has 3 nitrogen and oxygen atoms in total. The zero-order valence-corrected chi connectivity index (χ0v) is 14.7. The Morgan fingerprint density at radius 2 is 1.30 bits per heavy atom. The molecular formula is C24H19NO2. The zero-order chi connectivity index (χ0) is 18.4. The van der Waals surface area contributed by atoms with Crippen LogP contribution in [0.5, 0.6) is 0 Å². The van der Waals surface area contributed by atoms with Crippen LogP contribution in [0.2, 0.25) is 0 Å². The number of hydrogen-bond acceptors (Lipinski definition) is 2. The lowest BCUT2D eigenvalue weighted by atomic mass is 9.85. The predicted molar refractivity (Wildman–Crippen MR) is 106 cm³/mol. The number of anilines is 1. The highest BCUT2D eigenvalue weighted by Gasteiger charge is 2.61. The SMILES string of the molecule is O=C1[C@@H]2[C@H](C(=O)N1c1ccccc1)[C@H]1C=C[C@@H]2C1=C/C=C/c1ccccc1. The summed E-state index contributed by atoms with van der Waals surface area (Å²) in [6, 6.07) is 19.4. The molecule has 1 aliphatic heterocycles. The Bertz CT molecular complexity index is 954. The fourth-order valence-electron chi connectivity index (χ4n) is 4.69. The minimum atomic E-state index is -0.260. The molecule has 0 radical (unpaired) electrons. The van der Waals surface area contributed by atoms with E-state index in [1.807, 2.05) is 54.6 Å². The lowest BCUT2D eigenvalue weighted by Crippen LogP contribution is -2.33. The van der Waals surface area contributed by atoms with Gasteiger partial charge in [-0.1, -0.05) is 84.5 Å². The molecular weight excluding hydrogens is 334 g/mol. The lowest BCUT2D eigenvalue weighted by molar-refractivity contribution is -0.122. The van der Waals surface area contributed by atoms with Gasteiger partial charge in [0.25, 0.3) is 0 Å².